The number of benzene rings is 1. The topological polar surface area (TPSA) is 47.3 Å². The molecule has 0 aliphatic carbocycles. The van der Waals surface area contributed by atoms with Crippen LogP contribution in [0.25, 0.3) is 0 Å². The first-order valence-electron chi connectivity index (χ1n) is 4.05. The van der Waals surface area contributed by atoms with Crippen molar-refractivity contribution in [2.24, 2.45) is 0 Å². The molecular formula is C9H10N2OS. The number of aromatic hydroxyl groups is 1. The number of anilines is 1. The van der Waals surface area contributed by atoms with Crippen molar-refractivity contribution < 1.29 is 5.11 Å². The summed E-state index contributed by atoms with van der Waals surface area (Å²) in [4.78, 5) is 1.89. The third kappa shape index (κ3) is 1.62. The molecule has 3 nitrogen and oxygen atoms in total. The van der Waals surface area contributed by atoms with E-state index in [1.807, 2.05) is 11.0 Å². The molecule has 1 aromatic rings. The molecule has 0 spiro atoms. The lowest BCUT2D eigenvalue weighted by molar-refractivity contribution is 0.475. The second kappa shape index (κ2) is 3.30. The Hall–Kier alpha value is -1.16. The summed E-state index contributed by atoms with van der Waals surface area (Å²) in [6, 6.07) is 7.01. The number of amidine groups is 1. The Labute approximate surface area is 80.9 Å². The molecule has 1 aromatic carbocycles. The standard InChI is InChI=1S/C9H10N2OS/c10-9-11(4-5-13-9)7-2-1-3-8(12)6-7/h1-3,6,10,12H,4-5H2. The van der Waals surface area contributed by atoms with Crippen LogP contribution >= 0.6 is 11.8 Å². The molecule has 0 aromatic heterocycles. The van der Waals surface area contributed by atoms with E-state index >= 15 is 0 Å². The van der Waals surface area contributed by atoms with E-state index in [2.05, 4.69) is 0 Å². The molecule has 4 heteroatoms. The molecule has 0 bridgehead atoms. The van der Waals surface area contributed by atoms with Crippen molar-refractivity contribution in [2.75, 3.05) is 17.2 Å². The molecule has 0 unspecified atom stereocenters. The molecule has 0 amide bonds. The van der Waals surface area contributed by atoms with Gasteiger partial charge in [0, 0.05) is 24.1 Å². The van der Waals surface area contributed by atoms with E-state index < -0.39 is 0 Å². The van der Waals surface area contributed by atoms with Crippen LogP contribution in [0.3, 0.4) is 0 Å². The Balaban J connectivity index is 2.29. The monoisotopic (exact) mass is 194 g/mol. The summed E-state index contributed by atoms with van der Waals surface area (Å²) in [5, 5.41) is 17.4. The van der Waals surface area contributed by atoms with Crippen molar-refractivity contribution in [3.05, 3.63) is 24.3 Å². The summed E-state index contributed by atoms with van der Waals surface area (Å²) >= 11 is 1.53. The Kier molecular flexibility index (Phi) is 2.14. The fourth-order valence-electron chi connectivity index (χ4n) is 1.32. The molecule has 13 heavy (non-hydrogen) atoms. The molecule has 1 fully saturated rings. The molecule has 0 saturated carbocycles. The maximum atomic E-state index is 9.26. The molecule has 1 heterocycles. The van der Waals surface area contributed by atoms with Crippen LogP contribution in [0.5, 0.6) is 5.75 Å². The molecule has 1 aliphatic rings. The van der Waals surface area contributed by atoms with Crippen molar-refractivity contribution in [3.63, 3.8) is 0 Å². The first-order chi connectivity index (χ1) is 6.27. The van der Waals surface area contributed by atoms with Crippen LogP contribution in [0.15, 0.2) is 24.3 Å². The molecule has 2 N–H and O–H groups in total. The van der Waals surface area contributed by atoms with Gasteiger partial charge in [-0.1, -0.05) is 17.8 Å². The highest BCUT2D eigenvalue weighted by molar-refractivity contribution is 8.14. The number of phenolic OH excluding ortho intramolecular Hbond substituents is 1. The Morgan fingerprint density at radius 3 is 2.92 bits per heavy atom. The Morgan fingerprint density at radius 2 is 2.31 bits per heavy atom. The molecule has 1 saturated heterocycles. The quantitative estimate of drug-likeness (QED) is 0.717. The van der Waals surface area contributed by atoms with Crippen molar-refractivity contribution in [1.82, 2.24) is 0 Å². The fraction of sp³-hybridized carbons (Fsp3) is 0.222. The summed E-state index contributed by atoms with van der Waals surface area (Å²) in [5.74, 6) is 1.20. The summed E-state index contributed by atoms with van der Waals surface area (Å²) in [7, 11) is 0. The lowest BCUT2D eigenvalue weighted by Crippen LogP contribution is -2.22. The van der Waals surface area contributed by atoms with Gasteiger partial charge in [-0.3, -0.25) is 5.41 Å². The summed E-state index contributed by atoms with van der Waals surface area (Å²) in [6.45, 7) is 0.854. The van der Waals surface area contributed by atoms with Crippen LogP contribution in [-0.4, -0.2) is 22.6 Å². The molecule has 68 valence electrons. The van der Waals surface area contributed by atoms with E-state index in [1.165, 1.54) is 11.8 Å². The first kappa shape index (κ1) is 8.44. The highest BCUT2D eigenvalue weighted by Gasteiger charge is 2.19. The molecular weight excluding hydrogens is 184 g/mol. The number of thioether (sulfide) groups is 1. The largest absolute Gasteiger partial charge is 0.508 e. The summed E-state index contributed by atoms with van der Waals surface area (Å²) < 4.78 is 0. The van der Waals surface area contributed by atoms with Gasteiger partial charge in [0.15, 0.2) is 5.17 Å². The van der Waals surface area contributed by atoms with Gasteiger partial charge in [-0.2, -0.15) is 0 Å². The number of hydrogen-bond acceptors (Lipinski definition) is 3. The van der Waals surface area contributed by atoms with Crippen molar-refractivity contribution in [1.29, 1.82) is 5.41 Å². The van der Waals surface area contributed by atoms with Crippen LogP contribution in [0.1, 0.15) is 0 Å². The van der Waals surface area contributed by atoms with E-state index in [1.54, 1.807) is 18.2 Å². The minimum Gasteiger partial charge on any atom is -0.508 e. The van der Waals surface area contributed by atoms with Crippen LogP contribution in [0.2, 0.25) is 0 Å². The summed E-state index contributed by atoms with van der Waals surface area (Å²) in [6.07, 6.45) is 0. The summed E-state index contributed by atoms with van der Waals surface area (Å²) in [5.41, 5.74) is 0.898. The second-order valence-corrected chi connectivity index (χ2v) is 3.91. The van der Waals surface area contributed by atoms with Gasteiger partial charge in [0.1, 0.15) is 5.75 Å². The number of nitrogens with one attached hydrogen (secondary N) is 1. The van der Waals surface area contributed by atoms with E-state index in [0.717, 1.165) is 18.0 Å². The van der Waals surface area contributed by atoms with Crippen LogP contribution in [-0.2, 0) is 0 Å². The number of hydrogen-bond donors (Lipinski definition) is 2. The minimum absolute atomic E-state index is 0.252. The molecule has 2 rings (SSSR count). The maximum Gasteiger partial charge on any atom is 0.160 e. The predicted octanol–water partition coefficient (Wildman–Crippen LogP) is 1.88. The highest BCUT2D eigenvalue weighted by Crippen LogP contribution is 2.26. The van der Waals surface area contributed by atoms with Crippen molar-refractivity contribution >= 4 is 22.6 Å². The van der Waals surface area contributed by atoms with Crippen LogP contribution in [0.4, 0.5) is 5.69 Å². The average molecular weight is 194 g/mol. The molecule has 1 aliphatic heterocycles. The fourth-order valence-corrected chi connectivity index (χ4v) is 2.14. The van der Waals surface area contributed by atoms with Crippen LogP contribution < -0.4 is 4.90 Å². The molecule has 0 atom stereocenters. The molecule has 0 radical (unpaired) electrons. The zero-order valence-electron chi connectivity index (χ0n) is 7.03. The Morgan fingerprint density at radius 1 is 1.46 bits per heavy atom. The van der Waals surface area contributed by atoms with Gasteiger partial charge in [0.2, 0.25) is 0 Å². The van der Waals surface area contributed by atoms with E-state index in [-0.39, 0.29) is 5.75 Å². The maximum absolute atomic E-state index is 9.26. The van der Waals surface area contributed by atoms with Crippen molar-refractivity contribution in [2.45, 2.75) is 0 Å². The highest BCUT2D eigenvalue weighted by atomic mass is 32.2. The van der Waals surface area contributed by atoms with E-state index in [0.29, 0.717) is 5.17 Å². The predicted molar refractivity (Wildman–Crippen MR) is 55.6 cm³/mol. The number of nitrogens with zero attached hydrogens (tertiary/aromatic N) is 1. The first-order valence-corrected chi connectivity index (χ1v) is 5.04. The normalized spacial score (nSPS) is 16.6. The van der Waals surface area contributed by atoms with Gasteiger partial charge in [0.25, 0.3) is 0 Å². The zero-order valence-corrected chi connectivity index (χ0v) is 7.84. The van der Waals surface area contributed by atoms with Crippen LogP contribution in [0, 0.1) is 5.41 Å². The van der Waals surface area contributed by atoms with Crippen molar-refractivity contribution in [3.8, 4) is 5.75 Å². The lowest BCUT2D eigenvalue weighted by atomic mass is 10.3. The van der Waals surface area contributed by atoms with Gasteiger partial charge in [-0.05, 0) is 12.1 Å². The van der Waals surface area contributed by atoms with E-state index in [9.17, 15) is 5.11 Å². The SMILES string of the molecule is N=C1SCCN1c1cccc(O)c1. The van der Waals surface area contributed by atoms with E-state index in [4.69, 9.17) is 5.41 Å². The lowest BCUT2D eigenvalue weighted by Gasteiger charge is -2.16. The average Bonchev–Trinajstić information content (AvgIpc) is 2.51. The second-order valence-electron chi connectivity index (χ2n) is 2.83. The Bertz CT molecular complexity index is 340. The third-order valence-corrected chi connectivity index (χ3v) is 2.82. The zero-order chi connectivity index (χ0) is 9.26. The third-order valence-electron chi connectivity index (χ3n) is 1.94. The van der Waals surface area contributed by atoms with Gasteiger partial charge in [0.05, 0.1) is 0 Å². The van der Waals surface area contributed by atoms with Gasteiger partial charge >= 0.3 is 0 Å². The van der Waals surface area contributed by atoms with Gasteiger partial charge < -0.3 is 10.0 Å². The number of phenols is 1. The minimum atomic E-state index is 0.252. The van der Waals surface area contributed by atoms with Gasteiger partial charge in [-0.25, -0.2) is 0 Å². The number of rotatable bonds is 1. The van der Waals surface area contributed by atoms with Gasteiger partial charge in [-0.15, -0.1) is 0 Å². The smallest absolute Gasteiger partial charge is 0.160 e.